The molecule has 4 unspecified atom stereocenters. The van der Waals surface area contributed by atoms with E-state index in [1.54, 1.807) is 4.31 Å². The molecule has 3 aliphatic rings. The quantitative estimate of drug-likeness (QED) is 0.780. The summed E-state index contributed by atoms with van der Waals surface area (Å²) in [5.41, 5.74) is 5.71. The molecule has 0 aromatic heterocycles. The SMILES string of the molecule is NCC1CCCC1NS(=O)(=O)N1CC2CCC1C2. The minimum Gasteiger partial charge on any atom is -0.330 e. The molecule has 0 radical (unpaired) electrons. The molecule has 6 heteroatoms. The first-order valence-corrected chi connectivity index (χ1v) is 8.53. The van der Waals surface area contributed by atoms with Gasteiger partial charge in [0.15, 0.2) is 0 Å². The van der Waals surface area contributed by atoms with Crippen molar-refractivity contribution in [2.75, 3.05) is 13.1 Å². The number of nitrogens with two attached hydrogens (primary N) is 1. The monoisotopic (exact) mass is 273 g/mol. The average Bonchev–Trinajstić information content (AvgIpc) is 3.03. The fourth-order valence-corrected chi connectivity index (χ4v) is 5.73. The Bertz CT molecular complexity index is 412. The Kier molecular flexibility index (Phi) is 3.38. The molecule has 5 nitrogen and oxygen atoms in total. The zero-order chi connectivity index (χ0) is 12.8. The first-order valence-electron chi connectivity index (χ1n) is 7.09. The van der Waals surface area contributed by atoms with Gasteiger partial charge in [0.25, 0.3) is 10.2 Å². The Morgan fingerprint density at radius 1 is 1.22 bits per heavy atom. The molecule has 3 fully saturated rings. The zero-order valence-electron chi connectivity index (χ0n) is 10.7. The molecule has 0 aromatic rings. The van der Waals surface area contributed by atoms with Crippen molar-refractivity contribution < 1.29 is 8.42 Å². The third kappa shape index (κ3) is 2.19. The molecule has 3 N–H and O–H groups in total. The largest absolute Gasteiger partial charge is 0.330 e. The van der Waals surface area contributed by atoms with Gasteiger partial charge in [0.1, 0.15) is 0 Å². The minimum absolute atomic E-state index is 0.0547. The summed E-state index contributed by atoms with van der Waals surface area (Å²) in [6, 6.07) is 0.310. The van der Waals surface area contributed by atoms with Crippen LogP contribution in [0.1, 0.15) is 38.5 Å². The lowest BCUT2D eigenvalue weighted by Gasteiger charge is -2.29. The predicted molar refractivity (Wildman–Crippen MR) is 70.1 cm³/mol. The fraction of sp³-hybridized carbons (Fsp3) is 1.00. The lowest BCUT2D eigenvalue weighted by atomic mass is 10.1. The van der Waals surface area contributed by atoms with Crippen molar-refractivity contribution in [3.05, 3.63) is 0 Å². The average molecular weight is 273 g/mol. The highest BCUT2D eigenvalue weighted by atomic mass is 32.2. The second-order valence-corrected chi connectivity index (χ2v) is 7.71. The topological polar surface area (TPSA) is 75.4 Å². The van der Waals surface area contributed by atoms with Crippen LogP contribution in [0.15, 0.2) is 0 Å². The molecule has 0 spiro atoms. The van der Waals surface area contributed by atoms with E-state index in [1.807, 2.05) is 0 Å². The van der Waals surface area contributed by atoms with Gasteiger partial charge in [0, 0.05) is 18.6 Å². The van der Waals surface area contributed by atoms with Gasteiger partial charge in [0.05, 0.1) is 0 Å². The van der Waals surface area contributed by atoms with Crippen LogP contribution in [0.25, 0.3) is 0 Å². The van der Waals surface area contributed by atoms with Gasteiger partial charge in [-0.1, -0.05) is 6.42 Å². The van der Waals surface area contributed by atoms with Gasteiger partial charge < -0.3 is 5.73 Å². The lowest BCUT2D eigenvalue weighted by molar-refractivity contribution is 0.321. The van der Waals surface area contributed by atoms with Crippen LogP contribution in [0, 0.1) is 11.8 Å². The normalized spacial score (nSPS) is 40.7. The molecule has 2 aliphatic carbocycles. The Morgan fingerprint density at radius 2 is 2.06 bits per heavy atom. The maximum absolute atomic E-state index is 12.4. The van der Waals surface area contributed by atoms with Crippen LogP contribution in [0.5, 0.6) is 0 Å². The standard InChI is InChI=1S/C12H23N3O2S/c13-7-10-2-1-3-12(10)14-18(16,17)15-8-9-4-5-11(15)6-9/h9-12,14H,1-8,13H2. The van der Waals surface area contributed by atoms with Gasteiger partial charge in [-0.15, -0.1) is 0 Å². The van der Waals surface area contributed by atoms with Crippen LogP contribution in [0.4, 0.5) is 0 Å². The van der Waals surface area contributed by atoms with E-state index in [-0.39, 0.29) is 12.1 Å². The van der Waals surface area contributed by atoms with Crippen molar-refractivity contribution in [3.8, 4) is 0 Å². The number of hydrogen-bond acceptors (Lipinski definition) is 3. The molecule has 18 heavy (non-hydrogen) atoms. The number of nitrogens with zero attached hydrogens (tertiary/aromatic N) is 1. The summed E-state index contributed by atoms with van der Waals surface area (Å²) in [5.74, 6) is 0.917. The van der Waals surface area contributed by atoms with Crippen molar-refractivity contribution in [1.29, 1.82) is 0 Å². The summed E-state index contributed by atoms with van der Waals surface area (Å²) >= 11 is 0. The second-order valence-electron chi connectivity index (χ2n) is 6.06. The van der Waals surface area contributed by atoms with Gasteiger partial charge in [-0.25, -0.2) is 0 Å². The Morgan fingerprint density at radius 3 is 2.67 bits per heavy atom. The Balaban J connectivity index is 1.68. The summed E-state index contributed by atoms with van der Waals surface area (Å²) in [7, 11) is -3.29. The summed E-state index contributed by atoms with van der Waals surface area (Å²) < 4.78 is 29.4. The molecular formula is C12H23N3O2S. The molecule has 104 valence electrons. The lowest BCUT2D eigenvalue weighted by Crippen LogP contribution is -2.50. The van der Waals surface area contributed by atoms with Gasteiger partial charge in [0.2, 0.25) is 0 Å². The molecule has 2 saturated carbocycles. The van der Waals surface area contributed by atoms with E-state index in [1.165, 1.54) is 6.42 Å². The zero-order valence-corrected chi connectivity index (χ0v) is 11.5. The van der Waals surface area contributed by atoms with Crippen molar-refractivity contribution in [3.63, 3.8) is 0 Å². The molecule has 1 aliphatic heterocycles. The third-order valence-electron chi connectivity index (χ3n) is 4.93. The van der Waals surface area contributed by atoms with Gasteiger partial charge >= 0.3 is 0 Å². The predicted octanol–water partition coefficient (Wildman–Crippen LogP) is 0.433. The van der Waals surface area contributed by atoms with Gasteiger partial charge in [-0.05, 0) is 50.5 Å². The Labute approximate surface area is 109 Å². The smallest absolute Gasteiger partial charge is 0.279 e. The number of nitrogens with one attached hydrogen (secondary N) is 1. The van der Waals surface area contributed by atoms with Crippen molar-refractivity contribution in [2.24, 2.45) is 17.6 Å². The molecule has 1 saturated heterocycles. The third-order valence-corrected chi connectivity index (χ3v) is 6.60. The number of piperidine rings is 1. The second kappa shape index (κ2) is 4.74. The number of rotatable bonds is 4. The first-order chi connectivity index (χ1) is 8.60. The fourth-order valence-electron chi connectivity index (χ4n) is 3.91. The van der Waals surface area contributed by atoms with Crippen LogP contribution in [0.2, 0.25) is 0 Å². The molecule has 2 bridgehead atoms. The minimum atomic E-state index is -3.29. The summed E-state index contributed by atoms with van der Waals surface area (Å²) in [6.45, 7) is 1.30. The van der Waals surface area contributed by atoms with Crippen LogP contribution >= 0.6 is 0 Å². The van der Waals surface area contributed by atoms with Crippen molar-refractivity contribution in [2.45, 2.75) is 50.6 Å². The molecular weight excluding hydrogens is 250 g/mol. The molecule has 4 atom stereocenters. The van der Waals surface area contributed by atoms with E-state index in [2.05, 4.69) is 4.72 Å². The van der Waals surface area contributed by atoms with Gasteiger partial charge in [-0.3, -0.25) is 0 Å². The van der Waals surface area contributed by atoms with E-state index in [4.69, 9.17) is 5.73 Å². The van der Waals surface area contributed by atoms with Crippen LogP contribution in [0.3, 0.4) is 0 Å². The first kappa shape index (κ1) is 12.8. The number of hydrogen-bond donors (Lipinski definition) is 2. The van der Waals surface area contributed by atoms with E-state index in [9.17, 15) is 8.42 Å². The number of fused-ring (bicyclic) bond motifs is 2. The van der Waals surface area contributed by atoms with Gasteiger partial charge in [-0.2, -0.15) is 17.4 Å². The summed E-state index contributed by atoms with van der Waals surface area (Å²) in [4.78, 5) is 0. The summed E-state index contributed by atoms with van der Waals surface area (Å²) in [5, 5.41) is 0. The summed E-state index contributed by atoms with van der Waals surface area (Å²) in [6.07, 6.45) is 6.37. The van der Waals surface area contributed by atoms with Crippen molar-refractivity contribution >= 4 is 10.2 Å². The van der Waals surface area contributed by atoms with Crippen LogP contribution in [-0.2, 0) is 10.2 Å². The van der Waals surface area contributed by atoms with Crippen LogP contribution < -0.4 is 10.5 Å². The molecule has 3 rings (SSSR count). The van der Waals surface area contributed by atoms with E-state index < -0.39 is 10.2 Å². The van der Waals surface area contributed by atoms with Crippen molar-refractivity contribution in [1.82, 2.24) is 9.03 Å². The molecule has 1 heterocycles. The highest BCUT2D eigenvalue weighted by Gasteiger charge is 2.44. The maximum Gasteiger partial charge on any atom is 0.279 e. The maximum atomic E-state index is 12.4. The highest BCUT2D eigenvalue weighted by Crippen LogP contribution is 2.39. The van der Waals surface area contributed by atoms with E-state index in [0.29, 0.717) is 18.4 Å². The van der Waals surface area contributed by atoms with Crippen LogP contribution in [-0.4, -0.2) is 37.9 Å². The highest BCUT2D eigenvalue weighted by molar-refractivity contribution is 7.87. The molecule has 0 aromatic carbocycles. The Hall–Kier alpha value is -0.170. The molecule has 0 amide bonds. The van der Waals surface area contributed by atoms with E-state index >= 15 is 0 Å². The van der Waals surface area contributed by atoms with E-state index in [0.717, 1.165) is 38.6 Å².